The van der Waals surface area contributed by atoms with E-state index in [1.807, 2.05) is 24.3 Å². The van der Waals surface area contributed by atoms with Crippen molar-refractivity contribution in [2.75, 3.05) is 6.61 Å². The minimum Gasteiger partial charge on any atom is -0.491 e. The molecule has 0 aliphatic rings. The van der Waals surface area contributed by atoms with Crippen LogP contribution in [0.4, 0.5) is 0 Å². The molecule has 2 heteroatoms. The summed E-state index contributed by atoms with van der Waals surface area (Å²) in [5.74, 6) is 3.29. The van der Waals surface area contributed by atoms with Crippen LogP contribution in [0.25, 0.3) is 0 Å². The van der Waals surface area contributed by atoms with E-state index in [0.29, 0.717) is 6.61 Å². The highest BCUT2D eigenvalue weighted by Crippen LogP contribution is 2.12. The summed E-state index contributed by atoms with van der Waals surface area (Å²) in [5, 5.41) is 9.59. The highest BCUT2D eigenvalue weighted by molar-refractivity contribution is 5.36. The molecule has 1 atom stereocenters. The van der Waals surface area contributed by atoms with Crippen molar-refractivity contribution < 1.29 is 9.84 Å². The molecule has 0 fully saturated rings. The van der Waals surface area contributed by atoms with Crippen LogP contribution in [0.3, 0.4) is 0 Å². The molecule has 2 nitrogen and oxygen atoms in total. The average molecular weight is 218 g/mol. The van der Waals surface area contributed by atoms with E-state index in [1.165, 1.54) is 0 Å². The molecule has 0 saturated carbocycles. The van der Waals surface area contributed by atoms with Gasteiger partial charge in [-0.3, -0.25) is 0 Å². The largest absolute Gasteiger partial charge is 0.491 e. The van der Waals surface area contributed by atoms with Gasteiger partial charge in [-0.15, -0.1) is 6.42 Å². The highest BCUT2D eigenvalue weighted by atomic mass is 16.5. The lowest BCUT2D eigenvalue weighted by Gasteiger charge is -2.11. The summed E-state index contributed by atoms with van der Waals surface area (Å²) in [7, 11) is 0. The maximum atomic E-state index is 9.59. The number of aliphatic hydroxyl groups excluding tert-OH is 1. The van der Waals surface area contributed by atoms with Crippen molar-refractivity contribution in [3.05, 3.63) is 29.8 Å². The number of terminal acetylenes is 1. The molecule has 1 aromatic carbocycles. The number of ether oxygens (including phenoxy) is 1. The molecule has 1 rings (SSSR count). The van der Waals surface area contributed by atoms with Gasteiger partial charge in [-0.25, -0.2) is 0 Å². The van der Waals surface area contributed by atoms with Gasteiger partial charge in [0.15, 0.2) is 0 Å². The van der Waals surface area contributed by atoms with Crippen molar-refractivity contribution in [2.45, 2.75) is 32.3 Å². The van der Waals surface area contributed by atoms with Gasteiger partial charge in [0.1, 0.15) is 12.4 Å². The fourth-order valence-corrected chi connectivity index (χ4v) is 1.36. The molecule has 86 valence electrons. The summed E-state index contributed by atoms with van der Waals surface area (Å²) in [6.07, 6.45) is 7.77. The van der Waals surface area contributed by atoms with Crippen LogP contribution in [0.5, 0.6) is 5.75 Å². The fraction of sp³-hybridized carbons (Fsp3) is 0.429. The normalized spacial score (nSPS) is 11.8. The van der Waals surface area contributed by atoms with Crippen LogP contribution in [0, 0.1) is 12.3 Å². The van der Waals surface area contributed by atoms with Crippen molar-refractivity contribution in [3.8, 4) is 18.1 Å². The number of rotatable bonds is 6. The Labute approximate surface area is 97.3 Å². The zero-order valence-corrected chi connectivity index (χ0v) is 9.65. The van der Waals surface area contributed by atoms with E-state index < -0.39 is 0 Å². The van der Waals surface area contributed by atoms with Crippen LogP contribution in [0.1, 0.15) is 31.7 Å². The first-order valence-electron chi connectivity index (χ1n) is 5.63. The summed E-state index contributed by atoms with van der Waals surface area (Å²) in [6.45, 7) is 2.45. The third-order valence-corrected chi connectivity index (χ3v) is 2.35. The molecule has 0 saturated heterocycles. The molecule has 0 aliphatic carbocycles. The Morgan fingerprint density at radius 3 is 2.62 bits per heavy atom. The van der Waals surface area contributed by atoms with Gasteiger partial charge < -0.3 is 9.84 Å². The summed E-state index contributed by atoms with van der Waals surface area (Å²) in [4.78, 5) is 0. The third kappa shape index (κ3) is 4.37. The van der Waals surface area contributed by atoms with Crippen molar-refractivity contribution in [3.63, 3.8) is 0 Å². The van der Waals surface area contributed by atoms with Crippen molar-refractivity contribution >= 4 is 0 Å². The third-order valence-electron chi connectivity index (χ3n) is 2.35. The molecular formula is C14H18O2. The molecular weight excluding hydrogens is 200 g/mol. The van der Waals surface area contributed by atoms with Gasteiger partial charge in [-0.05, 0) is 30.7 Å². The van der Waals surface area contributed by atoms with Crippen LogP contribution in [-0.2, 0) is 0 Å². The lowest BCUT2D eigenvalue weighted by Crippen LogP contribution is -2.17. The van der Waals surface area contributed by atoms with E-state index in [4.69, 9.17) is 11.2 Å². The van der Waals surface area contributed by atoms with Crippen LogP contribution >= 0.6 is 0 Å². The summed E-state index contributed by atoms with van der Waals surface area (Å²) in [6, 6.07) is 7.30. The molecule has 0 amide bonds. The van der Waals surface area contributed by atoms with Crippen LogP contribution < -0.4 is 4.74 Å². The Morgan fingerprint density at radius 1 is 1.38 bits per heavy atom. The Balaban J connectivity index is 2.34. The molecule has 1 unspecified atom stereocenters. The number of hydrogen-bond donors (Lipinski definition) is 1. The van der Waals surface area contributed by atoms with E-state index in [-0.39, 0.29) is 6.10 Å². The van der Waals surface area contributed by atoms with Gasteiger partial charge in [0.05, 0.1) is 6.10 Å². The van der Waals surface area contributed by atoms with Gasteiger partial charge in [0.2, 0.25) is 0 Å². The summed E-state index contributed by atoms with van der Waals surface area (Å²) in [5.41, 5.74) is 0.832. The Morgan fingerprint density at radius 2 is 2.06 bits per heavy atom. The molecule has 0 spiro atoms. The van der Waals surface area contributed by atoms with Crippen LogP contribution in [0.15, 0.2) is 24.3 Å². The van der Waals surface area contributed by atoms with Gasteiger partial charge in [0.25, 0.3) is 0 Å². The molecule has 1 N–H and O–H groups in total. The minimum absolute atomic E-state index is 0.343. The lowest BCUT2D eigenvalue weighted by atomic mass is 10.2. The van der Waals surface area contributed by atoms with Gasteiger partial charge in [-0.1, -0.05) is 25.7 Å². The number of benzene rings is 1. The average Bonchev–Trinajstić information content (AvgIpc) is 2.34. The highest BCUT2D eigenvalue weighted by Gasteiger charge is 2.04. The molecule has 0 heterocycles. The van der Waals surface area contributed by atoms with Crippen molar-refractivity contribution in [2.24, 2.45) is 0 Å². The molecule has 16 heavy (non-hydrogen) atoms. The monoisotopic (exact) mass is 218 g/mol. The first kappa shape index (κ1) is 12.6. The quantitative estimate of drug-likeness (QED) is 0.744. The molecule has 1 aromatic rings. The molecule has 0 bridgehead atoms. The Bertz CT molecular complexity index is 335. The van der Waals surface area contributed by atoms with E-state index in [9.17, 15) is 5.11 Å². The van der Waals surface area contributed by atoms with Crippen molar-refractivity contribution in [1.29, 1.82) is 0 Å². The molecule has 0 aliphatic heterocycles. The zero-order chi connectivity index (χ0) is 11.8. The lowest BCUT2D eigenvalue weighted by molar-refractivity contribution is 0.0980. The standard InChI is InChI=1S/C14H18O2/c1-3-5-6-13(15)11-16-14-9-7-12(4-2)8-10-14/h2,7-10,13,15H,3,5-6,11H2,1H3. The summed E-state index contributed by atoms with van der Waals surface area (Å²) < 4.78 is 5.45. The second kappa shape index (κ2) is 6.92. The maximum absolute atomic E-state index is 9.59. The second-order valence-electron chi connectivity index (χ2n) is 3.78. The Kier molecular flexibility index (Phi) is 5.45. The fourth-order valence-electron chi connectivity index (χ4n) is 1.36. The SMILES string of the molecule is C#Cc1ccc(OCC(O)CCCC)cc1. The van der Waals surface area contributed by atoms with E-state index in [0.717, 1.165) is 30.6 Å². The van der Waals surface area contributed by atoms with Gasteiger partial charge >= 0.3 is 0 Å². The van der Waals surface area contributed by atoms with Crippen molar-refractivity contribution in [1.82, 2.24) is 0 Å². The van der Waals surface area contributed by atoms with E-state index >= 15 is 0 Å². The molecule has 0 aromatic heterocycles. The zero-order valence-electron chi connectivity index (χ0n) is 9.65. The first-order valence-corrected chi connectivity index (χ1v) is 5.63. The number of unbranched alkanes of at least 4 members (excludes halogenated alkanes) is 1. The van der Waals surface area contributed by atoms with Crippen LogP contribution in [0.2, 0.25) is 0 Å². The molecule has 0 radical (unpaired) electrons. The predicted octanol–water partition coefficient (Wildman–Crippen LogP) is 2.60. The van der Waals surface area contributed by atoms with Crippen LogP contribution in [-0.4, -0.2) is 17.8 Å². The second-order valence-corrected chi connectivity index (χ2v) is 3.78. The summed E-state index contributed by atoms with van der Waals surface area (Å²) >= 11 is 0. The smallest absolute Gasteiger partial charge is 0.119 e. The Hall–Kier alpha value is -1.46. The van der Waals surface area contributed by atoms with Gasteiger partial charge in [0, 0.05) is 5.56 Å². The topological polar surface area (TPSA) is 29.5 Å². The number of hydrogen-bond acceptors (Lipinski definition) is 2. The van der Waals surface area contributed by atoms with E-state index in [2.05, 4.69) is 12.8 Å². The number of aliphatic hydroxyl groups is 1. The van der Waals surface area contributed by atoms with Gasteiger partial charge in [-0.2, -0.15) is 0 Å². The maximum Gasteiger partial charge on any atom is 0.119 e. The minimum atomic E-state index is -0.382. The van der Waals surface area contributed by atoms with E-state index in [1.54, 1.807) is 0 Å². The predicted molar refractivity (Wildman–Crippen MR) is 65.4 cm³/mol. The first-order chi connectivity index (χ1) is 7.76.